The Kier molecular flexibility index (Phi) is 2.68. The third kappa shape index (κ3) is 1.80. The van der Waals surface area contributed by atoms with Crippen LogP contribution < -0.4 is 5.32 Å². The lowest BCUT2D eigenvalue weighted by Crippen LogP contribution is -2.28. The Morgan fingerprint density at radius 1 is 1.20 bits per heavy atom. The van der Waals surface area contributed by atoms with Crippen LogP contribution in [0.1, 0.15) is 48.9 Å². The van der Waals surface area contributed by atoms with Crippen molar-refractivity contribution in [3.05, 3.63) is 17.2 Å². The molecular formula is C14H18F3N3. The Bertz CT molecular complexity index is 535. The molecule has 3 atom stereocenters. The Balaban J connectivity index is 1.82. The Labute approximate surface area is 115 Å². The first-order valence-electron chi connectivity index (χ1n) is 7.42. The van der Waals surface area contributed by atoms with E-state index in [1.165, 1.54) is 6.42 Å². The molecule has 20 heavy (non-hydrogen) atoms. The summed E-state index contributed by atoms with van der Waals surface area (Å²) in [5.74, 6) is 0.392. The lowest BCUT2D eigenvalue weighted by molar-refractivity contribution is -0.148. The first-order valence-corrected chi connectivity index (χ1v) is 7.42. The number of alkyl halides is 3. The molecule has 1 aromatic heterocycles. The summed E-state index contributed by atoms with van der Waals surface area (Å²) < 4.78 is 41.5. The zero-order valence-electron chi connectivity index (χ0n) is 11.2. The van der Waals surface area contributed by atoms with Crippen molar-refractivity contribution in [2.45, 2.75) is 50.9 Å². The molecule has 2 heterocycles. The highest BCUT2D eigenvalue weighted by atomic mass is 19.4. The number of halogens is 3. The fourth-order valence-corrected chi connectivity index (χ4v) is 4.42. The van der Waals surface area contributed by atoms with E-state index in [0.717, 1.165) is 31.5 Å². The summed E-state index contributed by atoms with van der Waals surface area (Å²) in [6, 6.07) is 0.0275. The molecule has 6 heteroatoms. The first kappa shape index (κ1) is 12.7. The number of imidazole rings is 1. The largest absolute Gasteiger partial charge is 0.449 e. The van der Waals surface area contributed by atoms with Crippen LogP contribution in [0.2, 0.25) is 0 Å². The zero-order valence-corrected chi connectivity index (χ0v) is 11.2. The fourth-order valence-electron chi connectivity index (χ4n) is 4.42. The van der Waals surface area contributed by atoms with Gasteiger partial charge in [-0.25, -0.2) is 4.98 Å². The molecule has 0 radical (unpaired) electrons. The van der Waals surface area contributed by atoms with E-state index < -0.39 is 12.0 Å². The molecule has 2 fully saturated rings. The highest BCUT2D eigenvalue weighted by Crippen LogP contribution is 2.52. The number of aromatic nitrogens is 2. The van der Waals surface area contributed by atoms with Crippen LogP contribution in [-0.4, -0.2) is 16.1 Å². The van der Waals surface area contributed by atoms with E-state index >= 15 is 0 Å². The molecule has 2 aliphatic carbocycles. The van der Waals surface area contributed by atoms with Crippen molar-refractivity contribution >= 4 is 0 Å². The normalized spacial score (nSPS) is 32.6. The molecule has 0 spiro atoms. The van der Waals surface area contributed by atoms with E-state index in [0.29, 0.717) is 30.5 Å². The minimum atomic E-state index is -4.35. The van der Waals surface area contributed by atoms with E-state index in [-0.39, 0.29) is 6.04 Å². The van der Waals surface area contributed by atoms with E-state index in [1.54, 1.807) is 4.57 Å². The van der Waals surface area contributed by atoms with Gasteiger partial charge in [0.25, 0.3) is 0 Å². The number of nitrogens with zero attached hydrogens (tertiary/aromatic N) is 2. The summed E-state index contributed by atoms with van der Waals surface area (Å²) in [6.07, 6.45) is 0.599. The van der Waals surface area contributed by atoms with E-state index in [2.05, 4.69) is 10.3 Å². The van der Waals surface area contributed by atoms with Crippen LogP contribution >= 0.6 is 0 Å². The van der Waals surface area contributed by atoms with Gasteiger partial charge < -0.3 is 9.88 Å². The molecule has 0 amide bonds. The maximum Gasteiger partial charge on any atom is 0.449 e. The van der Waals surface area contributed by atoms with Crippen molar-refractivity contribution in [1.82, 2.24) is 14.9 Å². The second-order valence-corrected chi connectivity index (χ2v) is 6.37. The average molecular weight is 285 g/mol. The maximum atomic E-state index is 13.3. The molecule has 2 bridgehead atoms. The average Bonchev–Trinajstić information content (AvgIpc) is 3.10. The van der Waals surface area contributed by atoms with Gasteiger partial charge in [-0.05, 0) is 31.1 Å². The van der Waals surface area contributed by atoms with Crippen LogP contribution in [-0.2, 0) is 19.1 Å². The highest BCUT2D eigenvalue weighted by molar-refractivity contribution is 5.23. The van der Waals surface area contributed by atoms with Gasteiger partial charge in [0.05, 0.1) is 5.69 Å². The van der Waals surface area contributed by atoms with Gasteiger partial charge in [-0.3, -0.25) is 0 Å². The van der Waals surface area contributed by atoms with Crippen LogP contribution in [0, 0.1) is 11.8 Å². The molecule has 1 aliphatic heterocycles. The third-order valence-corrected chi connectivity index (χ3v) is 5.21. The highest BCUT2D eigenvalue weighted by Gasteiger charge is 2.47. The summed E-state index contributed by atoms with van der Waals surface area (Å²) in [6.45, 7) is 1.21. The number of rotatable bonds is 1. The Morgan fingerprint density at radius 3 is 2.70 bits per heavy atom. The minimum Gasteiger partial charge on any atom is -0.321 e. The van der Waals surface area contributed by atoms with Gasteiger partial charge in [0.15, 0.2) is 0 Å². The quantitative estimate of drug-likeness (QED) is 0.860. The summed E-state index contributed by atoms with van der Waals surface area (Å²) >= 11 is 0. The number of nitrogens with one attached hydrogen (secondary N) is 1. The molecule has 1 N–H and O–H groups in total. The van der Waals surface area contributed by atoms with E-state index in [1.807, 2.05) is 0 Å². The summed E-state index contributed by atoms with van der Waals surface area (Å²) in [7, 11) is 0. The third-order valence-electron chi connectivity index (χ3n) is 5.21. The minimum absolute atomic E-state index is 0.0275. The van der Waals surface area contributed by atoms with Gasteiger partial charge in [0, 0.05) is 31.2 Å². The van der Waals surface area contributed by atoms with Crippen molar-refractivity contribution in [3.8, 4) is 0 Å². The second-order valence-electron chi connectivity index (χ2n) is 6.37. The summed E-state index contributed by atoms with van der Waals surface area (Å²) in [5.41, 5.74) is 1.43. The Morgan fingerprint density at radius 2 is 2.05 bits per heavy atom. The lowest BCUT2D eigenvalue weighted by atomic mass is 9.94. The molecule has 2 saturated carbocycles. The van der Waals surface area contributed by atoms with Crippen molar-refractivity contribution in [3.63, 3.8) is 0 Å². The van der Waals surface area contributed by atoms with Crippen LogP contribution in [0.4, 0.5) is 13.2 Å². The van der Waals surface area contributed by atoms with Gasteiger partial charge in [-0.1, -0.05) is 6.42 Å². The summed E-state index contributed by atoms with van der Waals surface area (Å²) in [4.78, 5) is 3.93. The van der Waals surface area contributed by atoms with Crippen LogP contribution in [0.15, 0.2) is 0 Å². The summed E-state index contributed by atoms with van der Waals surface area (Å²) in [5, 5.41) is 3.11. The van der Waals surface area contributed by atoms with Crippen LogP contribution in [0.5, 0.6) is 0 Å². The van der Waals surface area contributed by atoms with Crippen LogP contribution in [0.25, 0.3) is 0 Å². The molecule has 3 nitrogen and oxygen atoms in total. The zero-order chi connectivity index (χ0) is 13.9. The first-order chi connectivity index (χ1) is 9.54. The predicted octanol–water partition coefficient (Wildman–Crippen LogP) is 2.91. The number of fused-ring (bicyclic) bond motifs is 3. The molecule has 110 valence electrons. The fraction of sp³-hybridized carbons (Fsp3) is 0.786. The second kappa shape index (κ2) is 4.23. The SMILES string of the molecule is FC(F)(F)c1nc2c(n1C1CC3CCC1C3)CCNC2. The molecule has 0 aromatic carbocycles. The molecule has 4 rings (SSSR count). The van der Waals surface area contributed by atoms with Gasteiger partial charge in [-0.15, -0.1) is 0 Å². The topological polar surface area (TPSA) is 29.9 Å². The molecule has 0 saturated heterocycles. The van der Waals surface area contributed by atoms with Crippen molar-refractivity contribution in [1.29, 1.82) is 0 Å². The van der Waals surface area contributed by atoms with E-state index in [4.69, 9.17) is 0 Å². The lowest BCUT2D eigenvalue weighted by Gasteiger charge is -2.28. The van der Waals surface area contributed by atoms with Crippen molar-refractivity contribution in [2.75, 3.05) is 6.54 Å². The van der Waals surface area contributed by atoms with Gasteiger partial charge in [0.1, 0.15) is 0 Å². The van der Waals surface area contributed by atoms with Gasteiger partial charge in [0.2, 0.25) is 5.82 Å². The Hall–Kier alpha value is -1.04. The molecule has 3 aliphatic rings. The van der Waals surface area contributed by atoms with Crippen LogP contribution in [0.3, 0.4) is 0 Å². The maximum absolute atomic E-state index is 13.3. The van der Waals surface area contributed by atoms with Crippen molar-refractivity contribution in [2.24, 2.45) is 11.8 Å². The molecular weight excluding hydrogens is 267 g/mol. The number of hydrogen-bond donors (Lipinski definition) is 1. The molecule has 3 unspecified atom stereocenters. The molecule has 1 aromatic rings. The monoisotopic (exact) mass is 285 g/mol. The van der Waals surface area contributed by atoms with E-state index in [9.17, 15) is 13.2 Å². The van der Waals surface area contributed by atoms with Crippen molar-refractivity contribution < 1.29 is 13.2 Å². The smallest absolute Gasteiger partial charge is 0.321 e. The standard InChI is InChI=1S/C14H18F3N3/c15-14(16,17)13-19-10-7-18-4-3-11(10)20(13)12-6-8-1-2-9(12)5-8/h8-9,12,18H,1-7H2. The van der Waals surface area contributed by atoms with Gasteiger partial charge >= 0.3 is 6.18 Å². The predicted molar refractivity (Wildman–Crippen MR) is 67.1 cm³/mol. The number of hydrogen-bond acceptors (Lipinski definition) is 2. The van der Waals surface area contributed by atoms with Gasteiger partial charge in [-0.2, -0.15) is 13.2 Å².